The molecule has 1 rings (SSSR count). The van der Waals surface area contributed by atoms with E-state index in [1.54, 1.807) is 17.8 Å². The van der Waals surface area contributed by atoms with Crippen LogP contribution < -0.4 is 0 Å². The number of nitrogens with zero attached hydrogens (tertiary/aromatic N) is 1. The lowest BCUT2D eigenvalue weighted by molar-refractivity contribution is 0.618. The molecule has 1 aliphatic rings. The Balaban J connectivity index is 2.28. The maximum atomic E-state index is 10.9. The third-order valence-corrected chi connectivity index (χ3v) is 4.87. The normalized spacial score (nSPS) is 19.4. The van der Waals surface area contributed by atoms with Gasteiger partial charge in [0, 0.05) is 5.41 Å². The van der Waals surface area contributed by atoms with Gasteiger partial charge in [-0.25, -0.2) is 8.42 Å². The molecule has 0 aromatic heterocycles. The van der Waals surface area contributed by atoms with Crippen molar-refractivity contribution < 1.29 is 8.42 Å². The van der Waals surface area contributed by atoms with Crippen molar-refractivity contribution in [2.75, 3.05) is 5.75 Å². The first kappa shape index (κ1) is 12.1. The summed E-state index contributed by atoms with van der Waals surface area (Å²) in [4.78, 5) is 0. The maximum absolute atomic E-state index is 10.9. The molecular weight excluding hydrogens is 238 g/mol. The summed E-state index contributed by atoms with van der Waals surface area (Å²) in [6, 6.07) is 0. The average molecular weight is 251 g/mol. The van der Waals surface area contributed by atoms with E-state index >= 15 is 0 Å². The minimum Gasteiger partial charge on any atom is -0.211 e. The number of thioether (sulfide) groups is 1. The lowest BCUT2D eigenvalue weighted by Crippen LogP contribution is -1.97. The number of hydrogen-bond donors (Lipinski definition) is 0. The molecule has 0 saturated carbocycles. The van der Waals surface area contributed by atoms with E-state index in [0.29, 0.717) is 11.0 Å². The summed E-state index contributed by atoms with van der Waals surface area (Å²) >= 11 is 1.62. The fourth-order valence-electron chi connectivity index (χ4n) is 0.889. The van der Waals surface area contributed by atoms with Crippen LogP contribution in [0.4, 0.5) is 0 Å². The first-order valence-electron chi connectivity index (χ1n) is 4.46. The zero-order chi connectivity index (χ0) is 10.4. The fourth-order valence-corrected chi connectivity index (χ4v) is 3.61. The maximum Gasteiger partial charge on any atom is 0.244 e. The van der Waals surface area contributed by atoms with Gasteiger partial charge in [-0.2, -0.15) is 4.40 Å². The molecule has 0 aromatic carbocycles. The Bertz CT molecular complexity index is 332. The van der Waals surface area contributed by atoms with E-state index < -0.39 is 8.87 Å². The number of unbranched alkanes of at least 4 members (excludes halogenated alkanes) is 2. The van der Waals surface area contributed by atoms with Crippen molar-refractivity contribution in [1.82, 2.24) is 0 Å². The Kier molecular flexibility index (Phi) is 5.05. The lowest BCUT2D eigenvalue weighted by atomic mass is 10.3. The molecule has 14 heavy (non-hydrogen) atoms. The molecule has 0 N–H and O–H groups in total. The van der Waals surface area contributed by atoms with Crippen LogP contribution in [-0.4, -0.2) is 19.2 Å². The van der Waals surface area contributed by atoms with Crippen LogP contribution in [0.3, 0.4) is 0 Å². The summed E-state index contributed by atoms with van der Waals surface area (Å²) in [6.45, 7) is 2.16. The molecule has 0 amide bonds. The predicted octanol–water partition coefficient (Wildman–Crippen LogP) is 2.81. The first-order valence-corrected chi connectivity index (χ1v) is 8.29. The Hall–Kier alpha value is 0.0600. The van der Waals surface area contributed by atoms with Crippen molar-refractivity contribution in [1.29, 1.82) is 0 Å². The molecule has 0 spiro atoms. The zero-order valence-corrected chi connectivity index (χ0v) is 10.4. The average Bonchev–Trinajstić information content (AvgIpc) is 2.15. The molecule has 0 atom stereocenters. The van der Waals surface area contributed by atoms with Gasteiger partial charge in [-0.1, -0.05) is 19.8 Å². The molecule has 3 nitrogen and oxygen atoms in total. The van der Waals surface area contributed by atoms with Crippen LogP contribution >= 0.6 is 22.7 Å². The smallest absolute Gasteiger partial charge is 0.211 e. The summed E-state index contributed by atoms with van der Waals surface area (Å²) in [5.74, 6) is 1.01. The third-order valence-electron chi connectivity index (χ3n) is 1.61. The number of rotatable bonds is 4. The van der Waals surface area contributed by atoms with Crippen LogP contribution in [-0.2, 0) is 8.87 Å². The van der Waals surface area contributed by atoms with E-state index in [2.05, 4.69) is 11.3 Å². The standard InChI is InChI=1S/C8H13NO2S3/c1-2-3-4-6-12-8-5-7-14(10,11)13-9-8/h5,7H,2-4,6H2,1H3. The second-order valence-electron chi connectivity index (χ2n) is 2.86. The van der Waals surface area contributed by atoms with E-state index in [9.17, 15) is 8.42 Å². The van der Waals surface area contributed by atoms with Crippen LogP contribution in [0.15, 0.2) is 15.9 Å². The highest BCUT2D eigenvalue weighted by molar-refractivity contribution is 8.72. The second-order valence-corrected chi connectivity index (χ2v) is 7.40. The minimum atomic E-state index is -3.12. The topological polar surface area (TPSA) is 46.5 Å². The highest BCUT2D eigenvalue weighted by Gasteiger charge is 2.12. The predicted molar refractivity (Wildman–Crippen MR) is 65.1 cm³/mol. The first-order chi connectivity index (χ1) is 6.64. The van der Waals surface area contributed by atoms with Crippen LogP contribution in [0.5, 0.6) is 0 Å². The largest absolute Gasteiger partial charge is 0.244 e. The van der Waals surface area contributed by atoms with Gasteiger partial charge in [-0.3, -0.25) is 0 Å². The third kappa shape index (κ3) is 4.52. The molecule has 0 unspecified atom stereocenters. The summed E-state index contributed by atoms with van der Waals surface area (Å²) < 4.78 is 25.8. The molecule has 6 heteroatoms. The van der Waals surface area contributed by atoms with Gasteiger partial charge in [0.2, 0.25) is 8.87 Å². The van der Waals surface area contributed by atoms with E-state index in [-0.39, 0.29) is 0 Å². The highest BCUT2D eigenvalue weighted by Crippen LogP contribution is 2.24. The molecule has 0 aromatic rings. The van der Waals surface area contributed by atoms with Crippen LogP contribution in [0.25, 0.3) is 0 Å². The van der Waals surface area contributed by atoms with Crippen LogP contribution in [0, 0.1) is 0 Å². The van der Waals surface area contributed by atoms with E-state index in [0.717, 1.165) is 17.2 Å². The van der Waals surface area contributed by atoms with Crippen molar-refractivity contribution in [2.45, 2.75) is 26.2 Å². The Morgan fingerprint density at radius 2 is 2.29 bits per heavy atom. The van der Waals surface area contributed by atoms with Gasteiger partial charge in [0.15, 0.2) is 0 Å². The quantitative estimate of drug-likeness (QED) is 0.438. The van der Waals surface area contributed by atoms with Gasteiger partial charge < -0.3 is 0 Å². The molecule has 0 bridgehead atoms. The second kappa shape index (κ2) is 5.82. The van der Waals surface area contributed by atoms with E-state index in [4.69, 9.17) is 0 Å². The van der Waals surface area contributed by atoms with E-state index in [1.165, 1.54) is 18.2 Å². The molecule has 0 saturated heterocycles. The van der Waals surface area contributed by atoms with Gasteiger partial charge in [0.25, 0.3) is 0 Å². The van der Waals surface area contributed by atoms with Crippen molar-refractivity contribution in [3.05, 3.63) is 11.5 Å². The summed E-state index contributed by atoms with van der Waals surface area (Å²) in [6.07, 6.45) is 5.15. The minimum absolute atomic E-state index is 0.645. The summed E-state index contributed by atoms with van der Waals surface area (Å²) in [7, 11) is -2.47. The SMILES string of the molecule is CCCCCSC1=NSS(=O)(=O)C=C1. The summed E-state index contributed by atoms with van der Waals surface area (Å²) in [5, 5.41) is 2.02. The lowest BCUT2D eigenvalue weighted by Gasteiger charge is -2.04. The van der Waals surface area contributed by atoms with Gasteiger partial charge in [0.1, 0.15) is 16.0 Å². The summed E-state index contributed by atoms with van der Waals surface area (Å²) in [5.41, 5.74) is 0. The molecule has 0 aliphatic carbocycles. The molecular formula is C8H13NO2S3. The Labute approximate surface area is 92.9 Å². The molecule has 1 aliphatic heterocycles. The van der Waals surface area contributed by atoms with Gasteiger partial charge in [-0.05, 0) is 18.2 Å². The fraction of sp³-hybridized carbons (Fsp3) is 0.625. The van der Waals surface area contributed by atoms with E-state index in [1.807, 2.05) is 0 Å². The number of hydrogen-bond acceptors (Lipinski definition) is 5. The van der Waals surface area contributed by atoms with Gasteiger partial charge in [0.05, 0.1) is 0 Å². The van der Waals surface area contributed by atoms with Gasteiger partial charge >= 0.3 is 0 Å². The van der Waals surface area contributed by atoms with Crippen molar-refractivity contribution in [3.8, 4) is 0 Å². The Morgan fingerprint density at radius 1 is 1.50 bits per heavy atom. The van der Waals surface area contributed by atoms with Crippen LogP contribution in [0.2, 0.25) is 0 Å². The van der Waals surface area contributed by atoms with Gasteiger partial charge in [-0.15, -0.1) is 11.8 Å². The monoisotopic (exact) mass is 251 g/mol. The van der Waals surface area contributed by atoms with Crippen molar-refractivity contribution in [3.63, 3.8) is 0 Å². The van der Waals surface area contributed by atoms with Crippen LogP contribution in [0.1, 0.15) is 26.2 Å². The zero-order valence-electron chi connectivity index (χ0n) is 7.97. The Morgan fingerprint density at radius 3 is 2.86 bits per heavy atom. The van der Waals surface area contributed by atoms with Crippen molar-refractivity contribution in [2.24, 2.45) is 4.40 Å². The molecule has 80 valence electrons. The molecule has 0 radical (unpaired) electrons. The highest BCUT2D eigenvalue weighted by atomic mass is 33.1. The molecule has 1 heterocycles. The molecule has 0 fully saturated rings. The van der Waals surface area contributed by atoms with Crippen molar-refractivity contribution >= 4 is 36.7 Å².